The van der Waals surface area contributed by atoms with Crippen molar-refractivity contribution in [3.8, 4) is 11.8 Å². The van der Waals surface area contributed by atoms with E-state index in [0.717, 1.165) is 11.8 Å². The molecule has 0 aromatic heterocycles. The highest BCUT2D eigenvalue weighted by atomic mass is 79.9. The molecule has 0 aromatic carbocycles. The molecule has 1 heteroatoms. The molecule has 0 aliphatic rings. The maximum absolute atomic E-state index is 3.32. The summed E-state index contributed by atoms with van der Waals surface area (Å²) in [5.74, 6) is 6.24. The summed E-state index contributed by atoms with van der Waals surface area (Å²) in [6.45, 7) is 2.29. The zero-order chi connectivity index (χ0) is 14.7. The van der Waals surface area contributed by atoms with Crippen LogP contribution in [0.15, 0.2) is 0 Å². The first-order valence-electron chi connectivity index (χ1n) is 8.93. The lowest BCUT2D eigenvalue weighted by molar-refractivity contribution is 0.536. The summed E-state index contributed by atoms with van der Waals surface area (Å²) < 4.78 is 0. The highest BCUT2D eigenvalue weighted by Gasteiger charge is 1.93. The van der Waals surface area contributed by atoms with Crippen molar-refractivity contribution in [2.45, 2.75) is 103 Å². The Balaban J connectivity index is 2.96. The van der Waals surface area contributed by atoms with Crippen molar-refractivity contribution in [3.63, 3.8) is 0 Å². The molecule has 0 unspecified atom stereocenters. The van der Waals surface area contributed by atoms with Crippen LogP contribution in [0.5, 0.6) is 0 Å². The summed E-state index contributed by atoms with van der Waals surface area (Å²) in [6, 6.07) is 0. The molecule has 0 fully saturated rings. The largest absolute Gasteiger partial charge is 0.102 e. The monoisotopic (exact) mass is 342 g/mol. The minimum atomic E-state index is 0.825. The van der Waals surface area contributed by atoms with E-state index in [1.165, 1.54) is 89.9 Å². The molecule has 0 aliphatic heterocycles. The zero-order valence-corrected chi connectivity index (χ0v) is 15.3. The van der Waals surface area contributed by atoms with E-state index in [1.807, 2.05) is 0 Å². The third kappa shape index (κ3) is 18.0. The molecule has 20 heavy (non-hydrogen) atoms. The van der Waals surface area contributed by atoms with Gasteiger partial charge >= 0.3 is 0 Å². The van der Waals surface area contributed by atoms with Gasteiger partial charge in [0.15, 0.2) is 0 Å². The first-order chi connectivity index (χ1) is 9.91. The molecule has 0 aromatic rings. The molecular weight excluding hydrogens is 308 g/mol. The molecular formula is C19H35Br. The van der Waals surface area contributed by atoms with E-state index in [2.05, 4.69) is 34.7 Å². The van der Waals surface area contributed by atoms with Gasteiger partial charge < -0.3 is 0 Å². The summed E-state index contributed by atoms with van der Waals surface area (Å²) >= 11 is 3.32. The van der Waals surface area contributed by atoms with Crippen molar-refractivity contribution in [3.05, 3.63) is 0 Å². The van der Waals surface area contributed by atoms with Crippen molar-refractivity contribution in [2.75, 3.05) is 5.33 Å². The molecule has 118 valence electrons. The number of hydrogen-bond acceptors (Lipinski definition) is 0. The SMILES string of the molecule is CCCCCCCCCCCCCCCCC#CCBr. The van der Waals surface area contributed by atoms with Gasteiger partial charge in [-0.25, -0.2) is 0 Å². The highest BCUT2D eigenvalue weighted by Crippen LogP contribution is 2.13. The van der Waals surface area contributed by atoms with Crippen LogP contribution in [0.3, 0.4) is 0 Å². The van der Waals surface area contributed by atoms with Crippen LogP contribution in [0, 0.1) is 11.8 Å². The van der Waals surface area contributed by atoms with Gasteiger partial charge in [0.1, 0.15) is 0 Å². The minimum Gasteiger partial charge on any atom is -0.102 e. The first-order valence-corrected chi connectivity index (χ1v) is 10.1. The van der Waals surface area contributed by atoms with Crippen LogP contribution in [0.1, 0.15) is 103 Å². The normalized spacial score (nSPS) is 10.3. The van der Waals surface area contributed by atoms with Crippen LogP contribution in [0.4, 0.5) is 0 Å². The number of rotatable bonds is 14. The van der Waals surface area contributed by atoms with E-state index >= 15 is 0 Å². The van der Waals surface area contributed by atoms with E-state index in [-0.39, 0.29) is 0 Å². The maximum Gasteiger partial charge on any atom is 0.0645 e. The number of unbranched alkanes of at least 4 members (excludes halogenated alkanes) is 14. The molecule has 0 atom stereocenters. The van der Waals surface area contributed by atoms with E-state index in [4.69, 9.17) is 0 Å². The molecule has 0 spiro atoms. The van der Waals surface area contributed by atoms with Gasteiger partial charge in [-0.05, 0) is 6.42 Å². The molecule has 0 rings (SSSR count). The summed E-state index contributed by atoms with van der Waals surface area (Å²) in [6.07, 6.45) is 21.1. The van der Waals surface area contributed by atoms with Gasteiger partial charge in [0, 0.05) is 6.42 Å². The average molecular weight is 343 g/mol. The van der Waals surface area contributed by atoms with Crippen molar-refractivity contribution < 1.29 is 0 Å². The Morgan fingerprint density at radius 2 is 0.950 bits per heavy atom. The van der Waals surface area contributed by atoms with Crippen molar-refractivity contribution in [2.24, 2.45) is 0 Å². The molecule has 0 bridgehead atoms. The van der Waals surface area contributed by atoms with Gasteiger partial charge in [-0.2, -0.15) is 0 Å². The Kier molecular flexibility index (Phi) is 19.1. The topological polar surface area (TPSA) is 0 Å². The van der Waals surface area contributed by atoms with Gasteiger partial charge in [0.25, 0.3) is 0 Å². The van der Waals surface area contributed by atoms with Gasteiger partial charge in [-0.1, -0.05) is 112 Å². The third-order valence-electron chi connectivity index (χ3n) is 3.85. The van der Waals surface area contributed by atoms with E-state index in [9.17, 15) is 0 Å². The lowest BCUT2D eigenvalue weighted by atomic mass is 10.0. The Bertz CT molecular complexity index is 224. The predicted octanol–water partition coefficient (Wildman–Crippen LogP) is 7.26. The smallest absolute Gasteiger partial charge is 0.0645 e. The molecule has 0 heterocycles. The zero-order valence-electron chi connectivity index (χ0n) is 13.7. The quantitative estimate of drug-likeness (QED) is 0.177. The van der Waals surface area contributed by atoms with Gasteiger partial charge in [0.05, 0.1) is 5.33 Å². The van der Waals surface area contributed by atoms with Crippen LogP contribution in [0.2, 0.25) is 0 Å². The maximum atomic E-state index is 3.32. The highest BCUT2D eigenvalue weighted by molar-refractivity contribution is 9.09. The van der Waals surface area contributed by atoms with Gasteiger partial charge in [-0.15, -0.1) is 5.92 Å². The van der Waals surface area contributed by atoms with E-state index in [0.29, 0.717) is 0 Å². The summed E-state index contributed by atoms with van der Waals surface area (Å²) in [5, 5.41) is 0.825. The van der Waals surface area contributed by atoms with Crippen LogP contribution >= 0.6 is 15.9 Å². The number of hydrogen-bond donors (Lipinski definition) is 0. The second-order valence-corrected chi connectivity index (χ2v) is 6.39. The molecule has 0 nitrogen and oxygen atoms in total. The van der Waals surface area contributed by atoms with E-state index in [1.54, 1.807) is 0 Å². The fourth-order valence-corrected chi connectivity index (χ4v) is 2.74. The average Bonchev–Trinajstić information content (AvgIpc) is 2.47. The Morgan fingerprint density at radius 1 is 0.550 bits per heavy atom. The summed E-state index contributed by atoms with van der Waals surface area (Å²) in [5.41, 5.74) is 0. The Morgan fingerprint density at radius 3 is 1.35 bits per heavy atom. The van der Waals surface area contributed by atoms with Gasteiger partial charge in [0.2, 0.25) is 0 Å². The van der Waals surface area contributed by atoms with Crippen molar-refractivity contribution in [1.82, 2.24) is 0 Å². The van der Waals surface area contributed by atoms with Crippen LogP contribution in [-0.2, 0) is 0 Å². The Labute approximate surface area is 136 Å². The molecule has 0 saturated carbocycles. The van der Waals surface area contributed by atoms with Crippen LogP contribution in [-0.4, -0.2) is 5.33 Å². The molecule has 0 N–H and O–H groups in total. The second kappa shape index (κ2) is 19.0. The molecule has 0 amide bonds. The van der Waals surface area contributed by atoms with Crippen molar-refractivity contribution >= 4 is 15.9 Å². The van der Waals surface area contributed by atoms with Crippen LogP contribution in [0.25, 0.3) is 0 Å². The standard InChI is InChI=1S/C19H35Br/c1-2-3-4-5-6-7-8-9-10-11-12-13-14-15-16-17-18-19-20/h2-16,19H2,1H3. The Hall–Kier alpha value is 0.0400. The lowest BCUT2D eigenvalue weighted by Gasteiger charge is -2.02. The van der Waals surface area contributed by atoms with E-state index < -0.39 is 0 Å². The third-order valence-corrected chi connectivity index (χ3v) is 4.13. The van der Waals surface area contributed by atoms with Gasteiger partial charge in [-0.3, -0.25) is 0 Å². The summed E-state index contributed by atoms with van der Waals surface area (Å²) in [7, 11) is 0. The molecule has 0 saturated heterocycles. The molecule has 0 aliphatic carbocycles. The van der Waals surface area contributed by atoms with Crippen molar-refractivity contribution in [1.29, 1.82) is 0 Å². The fraction of sp³-hybridized carbons (Fsp3) is 0.895. The number of alkyl halides is 1. The summed E-state index contributed by atoms with van der Waals surface area (Å²) in [4.78, 5) is 0. The first kappa shape index (κ1) is 20.0. The predicted molar refractivity (Wildman–Crippen MR) is 96.5 cm³/mol. The molecule has 0 radical (unpaired) electrons. The fourth-order valence-electron chi connectivity index (χ4n) is 2.54. The van der Waals surface area contributed by atoms with Crippen LogP contribution < -0.4 is 0 Å². The minimum absolute atomic E-state index is 0.825. The second-order valence-electron chi connectivity index (χ2n) is 5.83. The lowest BCUT2D eigenvalue weighted by Crippen LogP contribution is -1.83. The number of halogens is 1.